The minimum absolute atomic E-state index is 0.0813. The lowest BCUT2D eigenvalue weighted by molar-refractivity contribution is -0.116. The van der Waals surface area contributed by atoms with Gasteiger partial charge in [0.15, 0.2) is 0 Å². The first-order valence-electron chi connectivity index (χ1n) is 10.2. The first-order chi connectivity index (χ1) is 14.1. The zero-order chi connectivity index (χ0) is 20.5. The van der Waals surface area contributed by atoms with Crippen molar-refractivity contribution in [1.29, 1.82) is 0 Å². The van der Waals surface area contributed by atoms with Gasteiger partial charge in [-0.05, 0) is 30.7 Å². The fourth-order valence-electron chi connectivity index (χ4n) is 3.53. The highest BCUT2D eigenvalue weighted by Crippen LogP contribution is 2.18. The fourth-order valence-corrected chi connectivity index (χ4v) is 3.53. The van der Waals surface area contributed by atoms with Crippen LogP contribution in [0.4, 0.5) is 5.69 Å². The Balaban J connectivity index is 1.36. The van der Waals surface area contributed by atoms with Gasteiger partial charge in [-0.2, -0.15) is 0 Å². The Bertz CT molecular complexity index is 826. The number of carbonyl (C=O) groups excluding carboxylic acids is 1. The van der Waals surface area contributed by atoms with Gasteiger partial charge in [-0.3, -0.25) is 9.69 Å². The van der Waals surface area contributed by atoms with E-state index in [1.165, 1.54) is 0 Å². The van der Waals surface area contributed by atoms with E-state index in [1.807, 2.05) is 49.4 Å². The van der Waals surface area contributed by atoms with Gasteiger partial charge in [0.1, 0.15) is 5.75 Å². The molecular weight excluding hydrogens is 362 g/mol. The van der Waals surface area contributed by atoms with Crippen LogP contribution in [0.2, 0.25) is 0 Å². The van der Waals surface area contributed by atoms with E-state index in [4.69, 9.17) is 4.74 Å². The number of para-hydroxylation sites is 1. The number of hydrogen-bond acceptors (Lipinski definition) is 4. The maximum atomic E-state index is 12.2. The Morgan fingerprint density at radius 2 is 1.83 bits per heavy atom. The Kier molecular flexibility index (Phi) is 7.85. The summed E-state index contributed by atoms with van der Waals surface area (Å²) in [4.78, 5) is 17.0. The molecule has 1 N–H and O–H groups in total. The van der Waals surface area contributed by atoms with Crippen LogP contribution in [-0.4, -0.2) is 62.1 Å². The van der Waals surface area contributed by atoms with Gasteiger partial charge in [-0.1, -0.05) is 42.5 Å². The van der Waals surface area contributed by atoms with E-state index in [1.54, 1.807) is 7.11 Å². The number of benzene rings is 2. The minimum atomic E-state index is 0.0813. The van der Waals surface area contributed by atoms with E-state index in [0.29, 0.717) is 6.42 Å². The van der Waals surface area contributed by atoms with Gasteiger partial charge in [0.25, 0.3) is 0 Å². The van der Waals surface area contributed by atoms with Crippen molar-refractivity contribution in [3.05, 3.63) is 65.7 Å². The van der Waals surface area contributed by atoms with Crippen LogP contribution in [0.5, 0.6) is 5.75 Å². The van der Waals surface area contributed by atoms with Crippen LogP contribution in [0.1, 0.15) is 17.5 Å². The molecule has 2 aromatic carbocycles. The average Bonchev–Trinajstić information content (AvgIpc) is 2.73. The quantitative estimate of drug-likeness (QED) is 0.743. The molecule has 5 nitrogen and oxygen atoms in total. The predicted octanol–water partition coefficient (Wildman–Crippen LogP) is 3.66. The highest BCUT2D eigenvalue weighted by Gasteiger charge is 2.16. The summed E-state index contributed by atoms with van der Waals surface area (Å²) in [6.45, 7) is 7.81. The Hall–Kier alpha value is -2.63. The van der Waals surface area contributed by atoms with Crippen molar-refractivity contribution in [2.24, 2.45) is 0 Å². The van der Waals surface area contributed by atoms with Crippen molar-refractivity contribution in [3.8, 4) is 5.75 Å². The average molecular weight is 394 g/mol. The summed E-state index contributed by atoms with van der Waals surface area (Å²) < 4.78 is 5.39. The maximum absolute atomic E-state index is 12.2. The van der Waals surface area contributed by atoms with Gasteiger partial charge in [-0.25, -0.2) is 0 Å². The summed E-state index contributed by atoms with van der Waals surface area (Å²) in [5, 5.41) is 2.99. The summed E-state index contributed by atoms with van der Waals surface area (Å²) in [6, 6.07) is 16.0. The van der Waals surface area contributed by atoms with E-state index in [9.17, 15) is 4.79 Å². The third-order valence-corrected chi connectivity index (χ3v) is 5.22. The first-order valence-corrected chi connectivity index (χ1v) is 10.2. The van der Waals surface area contributed by atoms with Gasteiger partial charge in [0, 0.05) is 56.9 Å². The van der Waals surface area contributed by atoms with Crippen LogP contribution >= 0.6 is 0 Å². The number of piperazine rings is 1. The molecule has 1 saturated heterocycles. The van der Waals surface area contributed by atoms with E-state index in [-0.39, 0.29) is 5.91 Å². The van der Waals surface area contributed by atoms with Crippen LogP contribution < -0.4 is 10.1 Å². The second kappa shape index (κ2) is 10.8. The molecule has 154 valence electrons. The molecule has 29 heavy (non-hydrogen) atoms. The first kappa shape index (κ1) is 21.1. The number of aryl methyl sites for hydroxylation is 1. The van der Waals surface area contributed by atoms with Crippen LogP contribution in [0.25, 0.3) is 6.08 Å². The smallest absolute Gasteiger partial charge is 0.225 e. The number of amides is 1. The molecule has 2 aromatic rings. The third kappa shape index (κ3) is 6.73. The van der Waals surface area contributed by atoms with Gasteiger partial charge in [-0.15, -0.1) is 0 Å². The minimum Gasteiger partial charge on any atom is -0.496 e. The molecule has 0 spiro atoms. The molecule has 0 aromatic heterocycles. The molecule has 0 unspecified atom stereocenters. The maximum Gasteiger partial charge on any atom is 0.225 e. The van der Waals surface area contributed by atoms with Crippen molar-refractivity contribution >= 4 is 17.7 Å². The van der Waals surface area contributed by atoms with Crippen LogP contribution in [-0.2, 0) is 4.79 Å². The number of anilines is 1. The fraction of sp³-hybridized carbons (Fsp3) is 0.375. The molecule has 5 heteroatoms. The molecule has 1 fully saturated rings. The van der Waals surface area contributed by atoms with E-state index < -0.39 is 0 Å². The topological polar surface area (TPSA) is 44.8 Å². The Morgan fingerprint density at radius 1 is 1.07 bits per heavy atom. The van der Waals surface area contributed by atoms with E-state index >= 15 is 0 Å². The summed E-state index contributed by atoms with van der Waals surface area (Å²) in [6.07, 6.45) is 4.85. The van der Waals surface area contributed by atoms with Gasteiger partial charge < -0.3 is 15.0 Å². The highest BCUT2D eigenvalue weighted by molar-refractivity contribution is 5.90. The third-order valence-electron chi connectivity index (χ3n) is 5.22. The molecule has 1 aliphatic heterocycles. The van der Waals surface area contributed by atoms with Crippen molar-refractivity contribution < 1.29 is 9.53 Å². The Morgan fingerprint density at radius 3 is 2.59 bits per heavy atom. The molecule has 1 heterocycles. The lowest BCUT2D eigenvalue weighted by Crippen LogP contribution is -2.46. The van der Waals surface area contributed by atoms with Crippen LogP contribution in [0.15, 0.2) is 54.6 Å². The number of ether oxygens (including phenoxy) is 1. The van der Waals surface area contributed by atoms with Crippen LogP contribution in [0.3, 0.4) is 0 Å². The highest BCUT2D eigenvalue weighted by atomic mass is 16.5. The monoisotopic (exact) mass is 393 g/mol. The number of nitrogens with zero attached hydrogens (tertiary/aromatic N) is 2. The molecule has 0 atom stereocenters. The number of methoxy groups -OCH3 is 1. The standard InChI is InChI=1S/C24H31N3O2/c1-20-7-5-10-22(19-20)25-24(28)12-14-27-17-15-26(16-18-27)13-6-9-21-8-3-4-11-23(21)29-2/h3-11,19H,12-18H2,1-2H3,(H,25,28). The van der Waals surface area contributed by atoms with E-state index in [0.717, 1.165) is 61.8 Å². The number of rotatable bonds is 8. The van der Waals surface area contributed by atoms with Crippen molar-refractivity contribution in [3.63, 3.8) is 0 Å². The van der Waals surface area contributed by atoms with Crippen molar-refractivity contribution in [1.82, 2.24) is 9.80 Å². The number of hydrogen-bond donors (Lipinski definition) is 1. The summed E-state index contributed by atoms with van der Waals surface area (Å²) in [5.74, 6) is 0.982. The summed E-state index contributed by atoms with van der Waals surface area (Å²) in [7, 11) is 1.70. The van der Waals surface area contributed by atoms with Gasteiger partial charge in [0.2, 0.25) is 5.91 Å². The Labute approximate surface area is 174 Å². The SMILES string of the molecule is COc1ccccc1C=CCN1CCN(CCC(=O)Nc2cccc(C)c2)CC1. The number of carbonyl (C=O) groups is 1. The summed E-state index contributed by atoms with van der Waals surface area (Å²) in [5.41, 5.74) is 3.13. The van der Waals surface area contributed by atoms with Gasteiger partial charge in [0.05, 0.1) is 7.11 Å². The largest absolute Gasteiger partial charge is 0.496 e. The van der Waals surface area contributed by atoms with Crippen LogP contribution in [0, 0.1) is 6.92 Å². The second-order valence-electron chi connectivity index (χ2n) is 7.45. The lowest BCUT2D eigenvalue weighted by Gasteiger charge is -2.34. The number of nitrogens with one attached hydrogen (secondary N) is 1. The predicted molar refractivity (Wildman–Crippen MR) is 119 cm³/mol. The van der Waals surface area contributed by atoms with E-state index in [2.05, 4.69) is 33.3 Å². The molecule has 0 bridgehead atoms. The molecule has 0 radical (unpaired) electrons. The lowest BCUT2D eigenvalue weighted by atomic mass is 10.2. The van der Waals surface area contributed by atoms with Crippen molar-refractivity contribution in [2.45, 2.75) is 13.3 Å². The molecule has 3 rings (SSSR count). The molecule has 1 aliphatic rings. The van der Waals surface area contributed by atoms with Crippen molar-refractivity contribution in [2.75, 3.05) is 51.7 Å². The molecule has 0 aliphatic carbocycles. The zero-order valence-electron chi connectivity index (χ0n) is 17.4. The second-order valence-corrected chi connectivity index (χ2v) is 7.45. The molecular formula is C24H31N3O2. The van der Waals surface area contributed by atoms with Gasteiger partial charge >= 0.3 is 0 Å². The normalized spacial score (nSPS) is 15.5. The molecule has 0 saturated carbocycles. The summed E-state index contributed by atoms with van der Waals surface area (Å²) >= 11 is 0. The molecule has 1 amide bonds. The zero-order valence-corrected chi connectivity index (χ0v) is 17.4.